The molecule has 1 fully saturated rings. The number of carbonyl (C=O) groups excluding carboxylic acids is 1. The van der Waals surface area contributed by atoms with Gasteiger partial charge in [-0.05, 0) is 33.1 Å². The van der Waals surface area contributed by atoms with Gasteiger partial charge in [-0.1, -0.05) is 22.9 Å². The molecule has 0 aromatic rings. The Morgan fingerprint density at radius 3 is 2.60 bits per heavy atom. The van der Waals surface area contributed by atoms with Gasteiger partial charge < -0.3 is 9.64 Å². The summed E-state index contributed by atoms with van der Waals surface area (Å²) in [5, 5.41) is 0.830. The van der Waals surface area contributed by atoms with E-state index < -0.39 is 5.60 Å². The number of alkyl halides is 1. The first-order chi connectivity index (χ1) is 6.83. The zero-order chi connectivity index (χ0) is 11.6. The molecule has 0 N–H and O–H groups in total. The Kier molecular flexibility index (Phi) is 4.04. The number of ether oxygens (including phenoxy) is 1. The maximum atomic E-state index is 11.9. The number of likely N-dealkylation sites (tertiary alicyclic amines) is 1. The highest BCUT2D eigenvalue weighted by atomic mass is 79.9. The van der Waals surface area contributed by atoms with Gasteiger partial charge >= 0.3 is 6.09 Å². The van der Waals surface area contributed by atoms with Crippen LogP contribution in [0, 0.1) is 5.92 Å². The average Bonchev–Trinajstić information content (AvgIpc) is 2.43. The molecule has 2 unspecified atom stereocenters. The molecular formula is C11H20BrNO2. The zero-order valence-electron chi connectivity index (χ0n) is 9.92. The van der Waals surface area contributed by atoms with E-state index in [2.05, 4.69) is 22.9 Å². The van der Waals surface area contributed by atoms with E-state index >= 15 is 0 Å². The van der Waals surface area contributed by atoms with Gasteiger partial charge in [0, 0.05) is 17.9 Å². The molecule has 15 heavy (non-hydrogen) atoms. The maximum absolute atomic E-state index is 11.9. The van der Waals surface area contributed by atoms with E-state index in [1.54, 1.807) is 0 Å². The van der Waals surface area contributed by atoms with Crippen LogP contribution < -0.4 is 0 Å². The molecule has 1 amide bonds. The van der Waals surface area contributed by atoms with Crippen molar-refractivity contribution in [1.29, 1.82) is 0 Å². The van der Waals surface area contributed by atoms with Crippen LogP contribution in [-0.4, -0.2) is 34.5 Å². The summed E-state index contributed by atoms with van der Waals surface area (Å²) in [4.78, 5) is 13.7. The second-order valence-corrected chi connectivity index (χ2v) is 5.93. The van der Waals surface area contributed by atoms with Crippen LogP contribution in [0.3, 0.4) is 0 Å². The molecule has 0 spiro atoms. The molecule has 3 nitrogen and oxygen atoms in total. The topological polar surface area (TPSA) is 29.5 Å². The second kappa shape index (κ2) is 4.73. The lowest BCUT2D eigenvalue weighted by atomic mass is 10.1. The summed E-state index contributed by atoms with van der Waals surface area (Å²) in [6, 6.07) is 0.287. The van der Waals surface area contributed by atoms with Crippen molar-refractivity contribution in [2.75, 3.05) is 11.9 Å². The van der Waals surface area contributed by atoms with E-state index in [-0.39, 0.29) is 12.1 Å². The van der Waals surface area contributed by atoms with Crippen LogP contribution in [0.4, 0.5) is 4.79 Å². The quantitative estimate of drug-likeness (QED) is 0.690. The molecule has 88 valence electrons. The zero-order valence-corrected chi connectivity index (χ0v) is 11.5. The Hall–Kier alpha value is -0.250. The number of nitrogens with zero attached hydrogens (tertiary/aromatic N) is 1. The van der Waals surface area contributed by atoms with E-state index in [4.69, 9.17) is 4.74 Å². The van der Waals surface area contributed by atoms with Gasteiger partial charge in [-0.25, -0.2) is 4.79 Å². The van der Waals surface area contributed by atoms with Crippen molar-refractivity contribution in [3.05, 3.63) is 0 Å². The normalized spacial score (nSPS) is 26.9. The Morgan fingerprint density at radius 2 is 2.13 bits per heavy atom. The van der Waals surface area contributed by atoms with E-state index in [9.17, 15) is 4.79 Å². The number of carbonyl (C=O) groups is 1. The van der Waals surface area contributed by atoms with E-state index in [1.165, 1.54) is 0 Å². The molecule has 1 aliphatic heterocycles. The summed E-state index contributed by atoms with van der Waals surface area (Å²) >= 11 is 3.44. The van der Waals surface area contributed by atoms with E-state index in [0.29, 0.717) is 5.92 Å². The first kappa shape index (κ1) is 12.8. The predicted molar refractivity (Wildman–Crippen MR) is 64.3 cm³/mol. The van der Waals surface area contributed by atoms with Gasteiger partial charge in [-0.15, -0.1) is 0 Å². The fourth-order valence-electron chi connectivity index (χ4n) is 1.84. The van der Waals surface area contributed by atoms with Crippen LogP contribution in [0.2, 0.25) is 0 Å². The number of hydrogen-bond donors (Lipinski definition) is 0. The molecule has 0 bridgehead atoms. The number of hydrogen-bond acceptors (Lipinski definition) is 2. The third-order valence-corrected chi connectivity index (χ3v) is 3.18. The Labute approximate surface area is 100 Å². The highest BCUT2D eigenvalue weighted by molar-refractivity contribution is 9.09. The summed E-state index contributed by atoms with van der Waals surface area (Å²) in [7, 11) is 0. The van der Waals surface area contributed by atoms with Gasteiger partial charge in [-0.2, -0.15) is 0 Å². The third kappa shape index (κ3) is 3.67. The Bertz CT molecular complexity index is 237. The first-order valence-electron chi connectivity index (χ1n) is 5.39. The predicted octanol–water partition coefficient (Wildman–Crippen LogP) is 3.03. The molecule has 1 saturated heterocycles. The summed E-state index contributed by atoms with van der Waals surface area (Å²) in [6.45, 7) is 8.67. The van der Waals surface area contributed by atoms with Gasteiger partial charge in [0.2, 0.25) is 0 Å². The minimum atomic E-state index is -0.403. The van der Waals surface area contributed by atoms with Crippen molar-refractivity contribution in [2.45, 2.75) is 45.8 Å². The van der Waals surface area contributed by atoms with Gasteiger partial charge in [0.15, 0.2) is 0 Å². The van der Waals surface area contributed by atoms with Crippen molar-refractivity contribution in [3.63, 3.8) is 0 Å². The molecule has 4 heteroatoms. The largest absolute Gasteiger partial charge is 0.444 e. The molecule has 0 aromatic heterocycles. The molecule has 0 aromatic carbocycles. The molecular weight excluding hydrogens is 258 g/mol. The fraction of sp³-hybridized carbons (Fsp3) is 0.909. The van der Waals surface area contributed by atoms with Crippen molar-refractivity contribution in [3.8, 4) is 0 Å². The lowest BCUT2D eigenvalue weighted by Gasteiger charge is -2.27. The number of amides is 1. The van der Waals surface area contributed by atoms with Crippen LogP contribution in [0.25, 0.3) is 0 Å². The molecule has 1 rings (SSSR count). The van der Waals surface area contributed by atoms with E-state index in [0.717, 1.165) is 18.3 Å². The van der Waals surface area contributed by atoms with E-state index in [1.807, 2.05) is 25.7 Å². The highest BCUT2D eigenvalue weighted by Gasteiger charge is 2.34. The maximum Gasteiger partial charge on any atom is 0.410 e. The van der Waals surface area contributed by atoms with Gasteiger partial charge in [0.25, 0.3) is 0 Å². The van der Waals surface area contributed by atoms with Crippen LogP contribution in [0.1, 0.15) is 34.1 Å². The van der Waals surface area contributed by atoms with Crippen LogP contribution in [0.5, 0.6) is 0 Å². The lowest BCUT2D eigenvalue weighted by Crippen LogP contribution is -2.40. The van der Waals surface area contributed by atoms with Crippen molar-refractivity contribution in [1.82, 2.24) is 4.90 Å². The van der Waals surface area contributed by atoms with Crippen molar-refractivity contribution >= 4 is 22.0 Å². The van der Waals surface area contributed by atoms with Crippen molar-refractivity contribution in [2.24, 2.45) is 5.92 Å². The molecule has 0 saturated carbocycles. The molecule has 1 aliphatic rings. The smallest absolute Gasteiger partial charge is 0.410 e. The number of rotatable bonds is 1. The monoisotopic (exact) mass is 277 g/mol. The lowest BCUT2D eigenvalue weighted by molar-refractivity contribution is 0.0238. The standard InChI is InChI=1S/C11H20BrNO2/c1-8-5-9(6-12)13(7-8)10(14)15-11(2,3)4/h8-9H,5-7H2,1-4H3. The average molecular weight is 278 g/mol. The third-order valence-electron chi connectivity index (χ3n) is 2.43. The SMILES string of the molecule is CC1CC(CBr)N(C(=O)OC(C)(C)C)C1. The molecule has 0 radical (unpaired) electrons. The summed E-state index contributed by atoms with van der Waals surface area (Å²) in [6.07, 6.45) is 0.876. The Balaban J connectivity index is 2.59. The van der Waals surface area contributed by atoms with Gasteiger partial charge in [-0.3, -0.25) is 0 Å². The first-order valence-corrected chi connectivity index (χ1v) is 6.51. The minimum Gasteiger partial charge on any atom is -0.444 e. The molecule has 2 atom stereocenters. The minimum absolute atomic E-state index is 0.184. The van der Waals surface area contributed by atoms with Crippen molar-refractivity contribution < 1.29 is 9.53 Å². The van der Waals surface area contributed by atoms with Crippen LogP contribution in [-0.2, 0) is 4.74 Å². The summed E-state index contributed by atoms with van der Waals surface area (Å²) in [5.74, 6) is 0.570. The van der Waals surface area contributed by atoms with Crippen LogP contribution >= 0.6 is 15.9 Å². The second-order valence-electron chi connectivity index (χ2n) is 5.28. The summed E-state index contributed by atoms with van der Waals surface area (Å²) < 4.78 is 5.37. The van der Waals surface area contributed by atoms with Crippen LogP contribution in [0.15, 0.2) is 0 Å². The molecule has 0 aliphatic carbocycles. The highest BCUT2D eigenvalue weighted by Crippen LogP contribution is 2.25. The fourth-order valence-corrected chi connectivity index (χ4v) is 2.46. The number of halogens is 1. The Morgan fingerprint density at radius 1 is 1.53 bits per heavy atom. The van der Waals surface area contributed by atoms with Gasteiger partial charge in [0.05, 0.1) is 0 Å². The summed E-state index contributed by atoms with van der Waals surface area (Å²) in [5.41, 5.74) is -0.403. The molecule has 1 heterocycles. The van der Waals surface area contributed by atoms with Gasteiger partial charge in [0.1, 0.15) is 5.60 Å².